The van der Waals surface area contributed by atoms with Gasteiger partial charge < -0.3 is 15.6 Å². The third-order valence-electron chi connectivity index (χ3n) is 4.57. The maximum absolute atomic E-state index is 13.5. The molecule has 0 spiro atoms. The van der Waals surface area contributed by atoms with Crippen LogP contribution in [-0.4, -0.2) is 28.3 Å². The largest absolute Gasteiger partial charge is 0.493 e. The number of halogens is 3. The molecular weight excluding hydrogens is 383 g/mol. The van der Waals surface area contributed by atoms with Crippen LogP contribution in [0.4, 0.5) is 13.2 Å². The minimum atomic E-state index is -4.54. The molecule has 0 saturated heterocycles. The van der Waals surface area contributed by atoms with Gasteiger partial charge in [-0.25, -0.2) is 9.97 Å². The summed E-state index contributed by atoms with van der Waals surface area (Å²) in [5.41, 5.74) is 5.56. The highest BCUT2D eigenvalue weighted by atomic mass is 19.4. The summed E-state index contributed by atoms with van der Waals surface area (Å²) in [5.74, 6) is 0.0563. The van der Waals surface area contributed by atoms with Gasteiger partial charge in [-0.15, -0.1) is 0 Å². The minimum Gasteiger partial charge on any atom is -0.493 e. The fraction of sp³-hybridized carbons (Fsp3) is 0.524. The van der Waals surface area contributed by atoms with E-state index in [9.17, 15) is 13.2 Å². The molecule has 1 atom stereocenters. The van der Waals surface area contributed by atoms with E-state index in [0.29, 0.717) is 11.1 Å². The van der Waals surface area contributed by atoms with Crippen LogP contribution in [0.25, 0.3) is 11.1 Å². The van der Waals surface area contributed by atoms with Crippen LogP contribution < -0.4 is 10.5 Å². The summed E-state index contributed by atoms with van der Waals surface area (Å²) >= 11 is 0. The van der Waals surface area contributed by atoms with Crippen LogP contribution in [0.2, 0.25) is 0 Å². The highest BCUT2D eigenvalue weighted by Gasteiger charge is 2.34. The van der Waals surface area contributed by atoms with Gasteiger partial charge in [-0.05, 0) is 24.1 Å². The maximum Gasteiger partial charge on any atom is 0.419 e. The zero-order valence-corrected chi connectivity index (χ0v) is 16.6. The molecular formula is C21H28F3N3O2. The first-order valence-electron chi connectivity index (χ1n) is 9.89. The molecule has 0 bridgehead atoms. The van der Waals surface area contributed by atoms with Crippen LogP contribution >= 0.6 is 0 Å². The van der Waals surface area contributed by atoms with E-state index in [4.69, 9.17) is 15.6 Å². The summed E-state index contributed by atoms with van der Waals surface area (Å²) in [6, 6.07) is 3.20. The fourth-order valence-corrected chi connectivity index (χ4v) is 2.88. The molecule has 29 heavy (non-hydrogen) atoms. The van der Waals surface area contributed by atoms with Crippen molar-refractivity contribution in [2.75, 3.05) is 13.2 Å². The van der Waals surface area contributed by atoms with Crippen LogP contribution in [0, 0.1) is 0 Å². The Kier molecular flexibility index (Phi) is 8.85. The standard InChI is InChI=1S/C21H28F3N3O2/c1-2-3-4-5-6-7-10-29-19-9-8-15(11-17(19)21(22,23)24)16-12-26-20(27-13-16)18(25)14-28/h8-9,11-13,18,28H,2-7,10,14,25H2,1H3. The van der Waals surface area contributed by atoms with E-state index in [-0.39, 0.29) is 24.8 Å². The topological polar surface area (TPSA) is 81.3 Å². The quantitative estimate of drug-likeness (QED) is 0.515. The highest BCUT2D eigenvalue weighted by Crippen LogP contribution is 2.38. The third-order valence-corrected chi connectivity index (χ3v) is 4.57. The molecule has 0 aliphatic heterocycles. The Hall–Kier alpha value is -2.19. The zero-order chi connectivity index (χ0) is 21.3. The van der Waals surface area contributed by atoms with Crippen LogP contribution in [0.3, 0.4) is 0 Å². The Morgan fingerprint density at radius 1 is 1.03 bits per heavy atom. The molecule has 0 fully saturated rings. The first-order valence-corrected chi connectivity index (χ1v) is 9.89. The lowest BCUT2D eigenvalue weighted by Crippen LogP contribution is -2.17. The lowest BCUT2D eigenvalue weighted by atomic mass is 10.0. The minimum absolute atomic E-state index is 0.172. The molecule has 8 heteroatoms. The molecule has 0 saturated carbocycles. The number of benzene rings is 1. The molecule has 0 aliphatic carbocycles. The van der Waals surface area contributed by atoms with Gasteiger partial charge in [0.2, 0.25) is 0 Å². The average molecular weight is 411 g/mol. The number of ether oxygens (including phenoxy) is 1. The van der Waals surface area contributed by atoms with Gasteiger partial charge in [0, 0.05) is 18.0 Å². The van der Waals surface area contributed by atoms with Gasteiger partial charge >= 0.3 is 6.18 Å². The summed E-state index contributed by atoms with van der Waals surface area (Å²) in [6.07, 6.45) is 4.46. The third kappa shape index (κ3) is 6.97. The van der Waals surface area contributed by atoms with Gasteiger partial charge in [0.1, 0.15) is 11.6 Å². The summed E-state index contributed by atoms with van der Waals surface area (Å²) in [5, 5.41) is 9.03. The number of hydrogen-bond donors (Lipinski definition) is 2. The van der Waals surface area contributed by atoms with E-state index in [2.05, 4.69) is 16.9 Å². The second kappa shape index (κ2) is 11.1. The fourth-order valence-electron chi connectivity index (χ4n) is 2.88. The van der Waals surface area contributed by atoms with Gasteiger partial charge in [-0.1, -0.05) is 45.1 Å². The average Bonchev–Trinajstić information content (AvgIpc) is 2.72. The van der Waals surface area contributed by atoms with Crippen LogP contribution in [0.15, 0.2) is 30.6 Å². The normalized spacial score (nSPS) is 12.8. The number of aliphatic hydroxyl groups excluding tert-OH is 1. The summed E-state index contributed by atoms with van der Waals surface area (Å²) < 4.78 is 46.0. The zero-order valence-electron chi connectivity index (χ0n) is 16.6. The number of unbranched alkanes of at least 4 members (excludes halogenated alkanes) is 5. The Morgan fingerprint density at radius 2 is 1.69 bits per heavy atom. The van der Waals surface area contributed by atoms with Crippen LogP contribution in [-0.2, 0) is 6.18 Å². The van der Waals surface area contributed by atoms with Crippen molar-refractivity contribution in [1.82, 2.24) is 9.97 Å². The van der Waals surface area contributed by atoms with Gasteiger partial charge in [0.15, 0.2) is 0 Å². The highest BCUT2D eigenvalue weighted by molar-refractivity contribution is 5.64. The summed E-state index contributed by atoms with van der Waals surface area (Å²) in [7, 11) is 0. The smallest absolute Gasteiger partial charge is 0.419 e. The van der Waals surface area contributed by atoms with E-state index < -0.39 is 17.8 Å². The maximum atomic E-state index is 13.5. The first kappa shape index (κ1) is 23.1. The number of aliphatic hydroxyl groups is 1. The summed E-state index contributed by atoms with van der Waals surface area (Å²) in [6.45, 7) is 2.07. The molecule has 3 N–H and O–H groups in total. The second-order valence-corrected chi connectivity index (χ2v) is 6.94. The van der Waals surface area contributed by atoms with Crippen molar-refractivity contribution in [1.29, 1.82) is 0 Å². The number of rotatable bonds is 11. The predicted molar refractivity (Wildman–Crippen MR) is 105 cm³/mol. The lowest BCUT2D eigenvalue weighted by molar-refractivity contribution is -0.138. The van der Waals surface area contributed by atoms with Crippen LogP contribution in [0.1, 0.15) is 62.9 Å². The summed E-state index contributed by atoms with van der Waals surface area (Å²) in [4.78, 5) is 8.05. The predicted octanol–water partition coefficient (Wildman–Crippen LogP) is 4.89. The SMILES string of the molecule is CCCCCCCCOc1ccc(-c2cnc(C(N)CO)nc2)cc1C(F)(F)F. The van der Waals surface area contributed by atoms with Crippen LogP contribution in [0.5, 0.6) is 5.75 Å². The Balaban J connectivity index is 2.09. The first-order chi connectivity index (χ1) is 13.9. The Bertz CT molecular complexity index is 752. The van der Waals surface area contributed by atoms with Crippen molar-refractivity contribution in [3.63, 3.8) is 0 Å². The number of aromatic nitrogens is 2. The molecule has 2 rings (SSSR count). The van der Waals surface area contributed by atoms with Gasteiger partial charge in [0.05, 0.1) is 24.8 Å². The van der Waals surface area contributed by atoms with Crippen molar-refractivity contribution in [2.45, 2.75) is 57.7 Å². The van der Waals surface area contributed by atoms with E-state index in [1.54, 1.807) is 6.07 Å². The lowest BCUT2D eigenvalue weighted by Gasteiger charge is -2.16. The molecule has 0 amide bonds. The Labute approximate surface area is 169 Å². The van der Waals surface area contributed by atoms with Gasteiger partial charge in [-0.2, -0.15) is 13.2 Å². The van der Waals surface area contributed by atoms with Crippen molar-refractivity contribution in [3.05, 3.63) is 42.0 Å². The number of nitrogens with two attached hydrogens (primary N) is 1. The van der Waals surface area contributed by atoms with Crippen molar-refractivity contribution >= 4 is 0 Å². The molecule has 160 valence electrons. The molecule has 0 radical (unpaired) electrons. The van der Waals surface area contributed by atoms with Gasteiger partial charge in [0.25, 0.3) is 0 Å². The molecule has 1 aromatic heterocycles. The second-order valence-electron chi connectivity index (χ2n) is 6.94. The molecule has 0 aliphatic rings. The molecule has 1 heterocycles. The molecule has 1 aromatic carbocycles. The Morgan fingerprint density at radius 3 is 2.31 bits per heavy atom. The number of alkyl halides is 3. The number of hydrogen-bond acceptors (Lipinski definition) is 5. The van der Waals surface area contributed by atoms with Crippen molar-refractivity contribution in [2.24, 2.45) is 5.73 Å². The molecule has 5 nitrogen and oxygen atoms in total. The number of nitrogens with zero attached hydrogens (tertiary/aromatic N) is 2. The monoisotopic (exact) mass is 411 g/mol. The van der Waals surface area contributed by atoms with E-state index in [0.717, 1.165) is 38.2 Å². The van der Waals surface area contributed by atoms with Crippen molar-refractivity contribution in [3.8, 4) is 16.9 Å². The van der Waals surface area contributed by atoms with Gasteiger partial charge in [-0.3, -0.25) is 0 Å². The molecule has 1 unspecified atom stereocenters. The van der Waals surface area contributed by atoms with E-state index in [1.807, 2.05) is 0 Å². The van der Waals surface area contributed by atoms with E-state index >= 15 is 0 Å². The molecule has 2 aromatic rings. The van der Waals surface area contributed by atoms with E-state index in [1.165, 1.54) is 24.9 Å². The van der Waals surface area contributed by atoms with Crippen molar-refractivity contribution < 1.29 is 23.0 Å².